The maximum absolute atomic E-state index is 16.1. The number of alkyl halides is 4. The number of rotatable bonds is 28. The first kappa shape index (κ1) is 63.5. The molecule has 14 rings (SSSR count). The predicted molar refractivity (Wildman–Crippen MR) is 377 cm³/mol. The Balaban J connectivity index is 0.000000176. The highest BCUT2D eigenvalue weighted by Crippen LogP contribution is 2.54. The summed E-state index contributed by atoms with van der Waals surface area (Å²) in [6.45, 7) is -4.02. The van der Waals surface area contributed by atoms with Crippen molar-refractivity contribution in [1.82, 2.24) is 9.13 Å². The maximum atomic E-state index is 16.1. The molecule has 2 unspecified atom stereocenters. The number of aromatic nitrogens is 2. The van der Waals surface area contributed by atoms with Gasteiger partial charge in [-0.3, -0.25) is 9.59 Å². The molecule has 4 heterocycles. The van der Waals surface area contributed by atoms with Crippen LogP contribution in [0.2, 0.25) is 0 Å². The summed E-state index contributed by atoms with van der Waals surface area (Å²) < 4.78 is 196. The van der Waals surface area contributed by atoms with Crippen molar-refractivity contribution in [3.63, 3.8) is 0 Å². The Bertz CT molecular complexity index is 5040. The van der Waals surface area contributed by atoms with Crippen LogP contribution in [0.3, 0.4) is 0 Å². The van der Waals surface area contributed by atoms with Crippen LogP contribution in [0.4, 0.5) is 32.0 Å². The van der Waals surface area contributed by atoms with Crippen molar-refractivity contribution < 1.29 is 95.0 Å². The molecule has 2 saturated carbocycles. The normalized spacial score (nSPS) is 17.8. The number of fused-ring (bicyclic) bond motifs is 4. The molecule has 2 fully saturated rings. The summed E-state index contributed by atoms with van der Waals surface area (Å²) in [5, 5.41) is 22.8. The van der Waals surface area contributed by atoms with Crippen LogP contribution in [0.1, 0.15) is 115 Å². The molecule has 0 saturated heterocycles. The number of ketones is 1. The molecule has 0 radical (unpaired) electrons. The number of anilines is 1. The van der Waals surface area contributed by atoms with Crippen LogP contribution < -0.4 is 24.7 Å². The molecule has 0 spiro atoms. The van der Waals surface area contributed by atoms with E-state index in [0.717, 1.165) is 16.7 Å². The van der Waals surface area contributed by atoms with E-state index in [1.54, 1.807) is 107 Å². The highest BCUT2D eigenvalue weighted by molar-refractivity contribution is 6.66. The van der Waals surface area contributed by atoms with Crippen molar-refractivity contribution in [2.24, 2.45) is 0 Å². The largest absolute Gasteiger partial charge is 0.586 e. The van der Waals surface area contributed by atoms with Crippen molar-refractivity contribution in [3.05, 3.63) is 256 Å². The molecule has 8 aromatic carbocycles. The van der Waals surface area contributed by atoms with Gasteiger partial charge in [-0.1, -0.05) is 161 Å². The number of nitrogen functional groups attached to an aromatic ring is 1. The van der Waals surface area contributed by atoms with Gasteiger partial charge in [0.2, 0.25) is 5.24 Å². The van der Waals surface area contributed by atoms with Crippen molar-refractivity contribution in [3.8, 4) is 23.0 Å². The van der Waals surface area contributed by atoms with Crippen LogP contribution in [-0.2, 0) is 96.1 Å². The van der Waals surface area contributed by atoms with Crippen molar-refractivity contribution in [2.75, 3.05) is 32.0 Å². The quantitative estimate of drug-likeness (QED) is 0.0239. The van der Waals surface area contributed by atoms with Crippen LogP contribution >= 0.6 is 11.6 Å². The number of ether oxygens (including phenoxy) is 8. The first-order valence-corrected chi connectivity index (χ1v) is 33.6. The number of hydrogen-bond acceptors (Lipinski definition) is 13. The van der Waals surface area contributed by atoms with Crippen LogP contribution in [0.25, 0.3) is 21.8 Å². The molecule has 540 valence electrons. The fourth-order valence-electron chi connectivity index (χ4n) is 12.5. The van der Waals surface area contributed by atoms with E-state index in [0.29, 0.717) is 64.4 Å². The SMILES string of the molecule is O=C(Cl)C1(c2ccc3c(c2)OC(F)(F)O3)CC1.[2H]C([2H])(OCc1ccccc1)C(O)Cn1c(C(C)(C)C([2H])([2H])OCc2ccccc2)cc2cc(CC(=O)C3(c4ccc5c(c4)OC(F)(F)O5)CC3)c(F)cc21.[2H]C([2H])(OCc1ccccc1)C(O)Cn1c(C(C)(C)C([2H])([2H])OCc2ccccc2)cc2cc(N)c(F)cc21. The van der Waals surface area contributed by atoms with E-state index in [1.165, 1.54) is 63.7 Å². The highest BCUT2D eigenvalue weighted by atomic mass is 35.5. The standard InChI is InChI=1S/C41H40F3NO6.C29H33FN2O3.C11H7ClF2O3/c1-39(2,26-49-24-28-11-7-4-8-12-28)37-18-30-17-29(19-38(47)40(15-16-40)31-13-14-35-36(20-31)51-41(43,44)50-35)33(42)21-34(30)45(37)22-32(46)25-48-23-27-9-5-3-6-10-27;1-29(2,20-35-18-22-11-7-4-8-12-22)28-14-23-13-26(31)25(30)15-27(23)32(28)16-24(33)19-34-17-21-9-5-3-6-10-21;12-9(15)10(3-4-10)6-1-2-7-8(5-6)17-11(13,14)16-7/h3-14,17-18,20-21,32,46H,15-16,19,22-26H2,1-2H3;3-15,24,33H,16-20,31H2,1-2H3;1-2,5H,3-4H2/i25D2,26D2;19D2,20D2;. The fraction of sp³-hybridized carbons (Fsp3) is 0.333. The van der Waals surface area contributed by atoms with E-state index in [-0.39, 0.29) is 90.6 Å². The molecule has 22 heteroatoms. The van der Waals surface area contributed by atoms with E-state index in [2.05, 4.69) is 18.9 Å². The van der Waals surface area contributed by atoms with Gasteiger partial charge in [0.25, 0.3) is 0 Å². The zero-order valence-corrected chi connectivity index (χ0v) is 57.3. The molecule has 2 aromatic heterocycles. The number of aliphatic hydroxyl groups is 2. The van der Waals surface area contributed by atoms with Gasteiger partial charge in [-0.2, -0.15) is 0 Å². The third-order valence-electron chi connectivity index (χ3n) is 18.2. The second kappa shape index (κ2) is 30.6. The van der Waals surface area contributed by atoms with Gasteiger partial charge in [0, 0.05) is 45.5 Å². The number of halogens is 7. The molecule has 15 nitrogen and oxygen atoms in total. The average molecular weight is 1450 g/mol. The molecule has 4 N–H and O–H groups in total. The summed E-state index contributed by atoms with van der Waals surface area (Å²) in [6, 6.07) is 53.3. The Labute approximate surface area is 608 Å². The minimum atomic E-state index is -3.81. The average Bonchev–Trinajstić information content (AvgIpc) is 1.60. The van der Waals surface area contributed by atoms with Gasteiger partial charge in [0.05, 0.1) is 116 Å². The number of carbonyl (C=O) groups is 2. The molecule has 0 bridgehead atoms. The Morgan fingerprint density at radius 3 is 1.28 bits per heavy atom. The minimum Gasteiger partial charge on any atom is -0.396 e. The second-order valence-corrected chi connectivity index (χ2v) is 27.1. The van der Waals surface area contributed by atoms with Crippen LogP contribution in [0.5, 0.6) is 23.0 Å². The van der Waals surface area contributed by atoms with E-state index in [1.807, 2.05) is 60.7 Å². The number of hydrogen-bond donors (Lipinski definition) is 3. The van der Waals surface area contributed by atoms with Crippen molar-refractivity contribution >= 4 is 50.1 Å². The number of carbonyl (C=O) groups excluding carboxylic acids is 2. The predicted octanol–water partition coefficient (Wildman–Crippen LogP) is 16.3. The lowest BCUT2D eigenvalue weighted by Crippen LogP contribution is -2.30. The maximum Gasteiger partial charge on any atom is 0.586 e. The van der Waals surface area contributed by atoms with Gasteiger partial charge in [-0.15, -0.1) is 17.6 Å². The Kier molecular flexibility index (Phi) is 18.9. The van der Waals surface area contributed by atoms with E-state index >= 15 is 4.39 Å². The molecule has 2 aliphatic carbocycles. The van der Waals surface area contributed by atoms with Gasteiger partial charge in [-0.25, -0.2) is 8.78 Å². The summed E-state index contributed by atoms with van der Waals surface area (Å²) in [6.07, 6.45) is -9.09. The van der Waals surface area contributed by atoms with E-state index < -0.39 is 96.1 Å². The third-order valence-corrected chi connectivity index (χ3v) is 18.5. The molecular weight excluding hydrogens is 1360 g/mol. The van der Waals surface area contributed by atoms with E-state index in [9.17, 15) is 41.8 Å². The number of Topliss-reactive ketones (excluding diaryl/α,β-unsaturated/α-hetero) is 1. The number of aliphatic hydroxyl groups excluding tert-OH is 2. The highest BCUT2D eigenvalue weighted by Gasteiger charge is 2.54. The third kappa shape index (κ3) is 17.6. The first-order valence-electron chi connectivity index (χ1n) is 37.2. The van der Waals surface area contributed by atoms with Crippen LogP contribution in [0, 0.1) is 11.6 Å². The second-order valence-electron chi connectivity index (χ2n) is 26.7. The lowest BCUT2D eigenvalue weighted by Gasteiger charge is -2.28. The number of nitrogens with zero attached hydrogens (tertiary/aromatic N) is 2. The van der Waals surface area contributed by atoms with E-state index in [4.69, 9.17) is 47.2 Å². The Morgan fingerprint density at radius 1 is 0.515 bits per heavy atom. The summed E-state index contributed by atoms with van der Waals surface area (Å²) >= 11 is 5.51. The van der Waals surface area contributed by atoms with Gasteiger partial charge < -0.3 is 63.0 Å². The van der Waals surface area contributed by atoms with Crippen LogP contribution in [0.15, 0.2) is 194 Å². The van der Waals surface area contributed by atoms with Crippen LogP contribution in [-0.4, -0.2) is 81.4 Å². The van der Waals surface area contributed by atoms with Gasteiger partial charge >= 0.3 is 12.6 Å². The smallest absolute Gasteiger partial charge is 0.396 e. The lowest BCUT2D eigenvalue weighted by atomic mass is 9.87. The molecule has 10 aromatic rings. The number of nitrogens with two attached hydrogens (primary N) is 1. The molecule has 4 aliphatic rings. The zero-order valence-electron chi connectivity index (χ0n) is 64.5. The summed E-state index contributed by atoms with van der Waals surface area (Å²) in [7, 11) is 0. The summed E-state index contributed by atoms with van der Waals surface area (Å²) in [5.41, 5.74) is 6.51. The number of benzene rings is 8. The van der Waals surface area contributed by atoms with Gasteiger partial charge in [0.15, 0.2) is 23.0 Å². The summed E-state index contributed by atoms with van der Waals surface area (Å²) in [4.78, 5) is 25.1. The first-order chi connectivity index (χ1) is 52.2. The minimum absolute atomic E-state index is 0.0254. The lowest BCUT2D eigenvalue weighted by molar-refractivity contribution is -0.287. The summed E-state index contributed by atoms with van der Waals surface area (Å²) in [5.74, 6) is -2.16. The Morgan fingerprint density at radius 2 is 0.883 bits per heavy atom. The molecule has 103 heavy (non-hydrogen) atoms. The zero-order chi connectivity index (χ0) is 80.1. The Hall–Kier alpha value is -9.19. The molecule has 2 aliphatic heterocycles. The van der Waals surface area contributed by atoms with Gasteiger partial charge in [0.1, 0.15) is 17.4 Å². The van der Waals surface area contributed by atoms with Crippen molar-refractivity contribution in [2.45, 2.75) is 146 Å². The molecule has 2 atom stereocenters. The molecular formula is C81H80ClF6N3O12. The monoisotopic (exact) mass is 1440 g/mol. The molecule has 0 amide bonds. The fourth-order valence-corrected chi connectivity index (χ4v) is 12.8. The van der Waals surface area contributed by atoms with Crippen molar-refractivity contribution in [1.29, 1.82) is 0 Å². The van der Waals surface area contributed by atoms with Gasteiger partial charge in [-0.05, 0) is 131 Å². The topological polar surface area (TPSA) is 184 Å².